The van der Waals surface area contributed by atoms with E-state index in [2.05, 4.69) is 40.7 Å². The Balaban J connectivity index is 3.03. The molecule has 0 aliphatic carbocycles. The summed E-state index contributed by atoms with van der Waals surface area (Å²) in [7, 11) is 0. The minimum atomic E-state index is 0.309. The van der Waals surface area contributed by atoms with Crippen LogP contribution in [0.4, 0.5) is 0 Å². The molecule has 0 amide bonds. The van der Waals surface area contributed by atoms with E-state index in [-0.39, 0.29) is 0 Å². The molecule has 1 aromatic carbocycles. The van der Waals surface area contributed by atoms with E-state index in [0.717, 1.165) is 12.8 Å². The van der Waals surface area contributed by atoms with Crippen LogP contribution in [-0.4, -0.2) is 6.04 Å². The third-order valence-corrected chi connectivity index (χ3v) is 3.65. The number of rotatable bonds is 4. The van der Waals surface area contributed by atoms with Crippen molar-refractivity contribution in [3.05, 3.63) is 33.9 Å². The van der Waals surface area contributed by atoms with E-state index in [9.17, 15) is 0 Å². The Morgan fingerprint density at radius 3 is 2.00 bits per heavy atom. The molecule has 0 fully saturated rings. The summed E-state index contributed by atoms with van der Waals surface area (Å²) in [4.78, 5) is 0. The maximum absolute atomic E-state index is 6.15. The lowest BCUT2D eigenvalue weighted by Crippen LogP contribution is -2.23. The molecule has 1 heteroatoms. The SMILES string of the molecule is CCCC(N)Cc1c(C)c(C)cc(C)c1C. The topological polar surface area (TPSA) is 26.0 Å². The van der Waals surface area contributed by atoms with Crippen molar-refractivity contribution in [1.29, 1.82) is 0 Å². The molecule has 0 aromatic heterocycles. The van der Waals surface area contributed by atoms with Gasteiger partial charge in [-0.05, 0) is 68.4 Å². The van der Waals surface area contributed by atoms with Gasteiger partial charge in [-0.3, -0.25) is 0 Å². The summed E-state index contributed by atoms with van der Waals surface area (Å²) in [6.07, 6.45) is 3.31. The molecule has 0 saturated heterocycles. The number of benzene rings is 1. The van der Waals surface area contributed by atoms with Crippen LogP contribution < -0.4 is 5.73 Å². The second kappa shape index (κ2) is 5.49. The molecule has 1 unspecified atom stereocenters. The summed E-state index contributed by atoms with van der Waals surface area (Å²) in [6.45, 7) is 11.0. The molecule has 0 radical (unpaired) electrons. The van der Waals surface area contributed by atoms with Gasteiger partial charge in [0.2, 0.25) is 0 Å². The highest BCUT2D eigenvalue weighted by atomic mass is 14.6. The largest absolute Gasteiger partial charge is 0.327 e. The lowest BCUT2D eigenvalue weighted by molar-refractivity contribution is 0.597. The summed E-state index contributed by atoms with van der Waals surface area (Å²) in [5.74, 6) is 0. The van der Waals surface area contributed by atoms with Gasteiger partial charge < -0.3 is 5.73 Å². The predicted octanol–water partition coefficient (Wildman–Crippen LogP) is 3.59. The molecule has 1 nitrogen and oxygen atoms in total. The van der Waals surface area contributed by atoms with Gasteiger partial charge in [0, 0.05) is 6.04 Å². The van der Waals surface area contributed by atoms with Crippen LogP contribution in [0.25, 0.3) is 0 Å². The number of aryl methyl sites for hydroxylation is 2. The van der Waals surface area contributed by atoms with Gasteiger partial charge in [-0.25, -0.2) is 0 Å². The van der Waals surface area contributed by atoms with Gasteiger partial charge in [0.1, 0.15) is 0 Å². The number of hydrogen-bond acceptors (Lipinski definition) is 1. The normalized spacial score (nSPS) is 12.9. The molecule has 2 N–H and O–H groups in total. The average molecular weight is 219 g/mol. The van der Waals surface area contributed by atoms with E-state index in [0.29, 0.717) is 6.04 Å². The Morgan fingerprint density at radius 2 is 1.56 bits per heavy atom. The van der Waals surface area contributed by atoms with E-state index < -0.39 is 0 Å². The lowest BCUT2D eigenvalue weighted by Gasteiger charge is -2.18. The fourth-order valence-electron chi connectivity index (χ4n) is 2.34. The first kappa shape index (κ1) is 13.2. The van der Waals surface area contributed by atoms with Crippen molar-refractivity contribution in [1.82, 2.24) is 0 Å². The minimum absolute atomic E-state index is 0.309. The predicted molar refractivity (Wildman–Crippen MR) is 72.0 cm³/mol. The molecule has 0 aliphatic heterocycles. The van der Waals surface area contributed by atoms with Gasteiger partial charge in [0.15, 0.2) is 0 Å². The van der Waals surface area contributed by atoms with Crippen LogP contribution in [0.3, 0.4) is 0 Å². The molecule has 16 heavy (non-hydrogen) atoms. The summed E-state index contributed by atoms with van der Waals surface area (Å²) >= 11 is 0. The van der Waals surface area contributed by atoms with Crippen molar-refractivity contribution in [3.8, 4) is 0 Å². The highest BCUT2D eigenvalue weighted by Gasteiger charge is 2.11. The maximum atomic E-state index is 6.15. The highest BCUT2D eigenvalue weighted by molar-refractivity contribution is 5.44. The molecule has 0 heterocycles. The smallest absolute Gasteiger partial charge is 0.00794 e. The second-order valence-corrected chi connectivity index (χ2v) is 4.99. The Morgan fingerprint density at radius 1 is 1.06 bits per heavy atom. The monoisotopic (exact) mass is 219 g/mol. The highest BCUT2D eigenvalue weighted by Crippen LogP contribution is 2.23. The zero-order valence-electron chi connectivity index (χ0n) is 11.4. The zero-order chi connectivity index (χ0) is 12.3. The van der Waals surface area contributed by atoms with Crippen molar-refractivity contribution in [2.24, 2.45) is 5.73 Å². The Hall–Kier alpha value is -0.820. The second-order valence-electron chi connectivity index (χ2n) is 4.99. The van der Waals surface area contributed by atoms with Gasteiger partial charge in [-0.15, -0.1) is 0 Å². The van der Waals surface area contributed by atoms with Crippen LogP contribution in [0, 0.1) is 27.7 Å². The average Bonchev–Trinajstić information content (AvgIpc) is 2.22. The Kier molecular flexibility index (Phi) is 4.55. The molecule has 1 aromatic rings. The molecular formula is C15H25N. The Labute approximate surface area is 100 Å². The van der Waals surface area contributed by atoms with Gasteiger partial charge in [0.25, 0.3) is 0 Å². The molecule has 90 valence electrons. The van der Waals surface area contributed by atoms with Crippen LogP contribution in [-0.2, 0) is 6.42 Å². The molecule has 0 spiro atoms. The summed E-state index contributed by atoms with van der Waals surface area (Å²) in [5, 5.41) is 0. The van der Waals surface area contributed by atoms with Crippen molar-refractivity contribution < 1.29 is 0 Å². The van der Waals surface area contributed by atoms with E-state index in [1.165, 1.54) is 34.2 Å². The lowest BCUT2D eigenvalue weighted by atomic mass is 9.89. The van der Waals surface area contributed by atoms with Crippen LogP contribution in [0.5, 0.6) is 0 Å². The number of hydrogen-bond donors (Lipinski definition) is 1. The van der Waals surface area contributed by atoms with Gasteiger partial charge in [-0.1, -0.05) is 19.4 Å². The zero-order valence-corrected chi connectivity index (χ0v) is 11.4. The minimum Gasteiger partial charge on any atom is -0.327 e. The van der Waals surface area contributed by atoms with E-state index >= 15 is 0 Å². The first-order chi connectivity index (χ1) is 7.47. The van der Waals surface area contributed by atoms with Crippen molar-refractivity contribution in [2.75, 3.05) is 0 Å². The third-order valence-electron chi connectivity index (χ3n) is 3.65. The van der Waals surface area contributed by atoms with E-state index in [1.807, 2.05) is 0 Å². The standard InChI is InChI=1S/C15H25N/c1-6-7-14(16)9-15-12(4)10(2)8-11(3)13(15)5/h8,14H,6-7,9,16H2,1-5H3. The van der Waals surface area contributed by atoms with Gasteiger partial charge in [-0.2, -0.15) is 0 Å². The maximum Gasteiger partial charge on any atom is 0.00794 e. The van der Waals surface area contributed by atoms with Crippen LogP contribution >= 0.6 is 0 Å². The van der Waals surface area contributed by atoms with Crippen molar-refractivity contribution >= 4 is 0 Å². The summed E-state index contributed by atoms with van der Waals surface area (Å²) in [6, 6.07) is 2.59. The first-order valence-electron chi connectivity index (χ1n) is 6.29. The van der Waals surface area contributed by atoms with Crippen LogP contribution in [0.1, 0.15) is 47.6 Å². The number of nitrogens with two attached hydrogens (primary N) is 1. The molecule has 0 bridgehead atoms. The molecule has 0 saturated carbocycles. The quantitative estimate of drug-likeness (QED) is 0.823. The van der Waals surface area contributed by atoms with Gasteiger partial charge >= 0.3 is 0 Å². The molecular weight excluding hydrogens is 194 g/mol. The fraction of sp³-hybridized carbons (Fsp3) is 0.600. The van der Waals surface area contributed by atoms with Crippen LogP contribution in [0.15, 0.2) is 6.07 Å². The molecule has 1 atom stereocenters. The molecule has 1 rings (SSSR count). The third kappa shape index (κ3) is 2.85. The fourth-order valence-corrected chi connectivity index (χ4v) is 2.34. The van der Waals surface area contributed by atoms with Crippen molar-refractivity contribution in [3.63, 3.8) is 0 Å². The van der Waals surface area contributed by atoms with E-state index in [4.69, 9.17) is 5.73 Å². The summed E-state index contributed by atoms with van der Waals surface area (Å²) < 4.78 is 0. The first-order valence-corrected chi connectivity index (χ1v) is 6.29. The molecule has 0 aliphatic rings. The van der Waals surface area contributed by atoms with Gasteiger partial charge in [0.05, 0.1) is 0 Å². The Bertz CT molecular complexity index is 340. The van der Waals surface area contributed by atoms with Crippen LogP contribution in [0.2, 0.25) is 0 Å². The summed E-state index contributed by atoms with van der Waals surface area (Å²) in [5.41, 5.74) is 13.3. The van der Waals surface area contributed by atoms with Crippen molar-refractivity contribution in [2.45, 2.75) is 59.9 Å². The van der Waals surface area contributed by atoms with E-state index in [1.54, 1.807) is 0 Å².